The third-order valence-electron chi connectivity index (χ3n) is 2.74. The van der Waals surface area contributed by atoms with E-state index in [9.17, 15) is 9.59 Å². The summed E-state index contributed by atoms with van der Waals surface area (Å²) in [5, 5.41) is 11.7. The molecule has 1 amide bonds. The lowest BCUT2D eigenvalue weighted by Gasteiger charge is -2.19. The van der Waals surface area contributed by atoms with Crippen LogP contribution in [0.1, 0.15) is 53.9 Å². The van der Waals surface area contributed by atoms with Gasteiger partial charge in [0.1, 0.15) is 0 Å². The number of aliphatic carboxylic acids is 1. The van der Waals surface area contributed by atoms with Crippen LogP contribution in [0.2, 0.25) is 0 Å². The Morgan fingerprint density at radius 1 is 1.21 bits per heavy atom. The predicted molar refractivity (Wildman–Crippen MR) is 80.5 cm³/mol. The molecule has 0 spiro atoms. The van der Waals surface area contributed by atoms with Crippen molar-refractivity contribution in [2.24, 2.45) is 5.92 Å². The Labute approximate surface area is 120 Å². The Morgan fingerprint density at radius 3 is 2.26 bits per heavy atom. The summed E-state index contributed by atoms with van der Waals surface area (Å²) >= 11 is 1.63. The van der Waals surface area contributed by atoms with Gasteiger partial charge in [-0.05, 0) is 19.8 Å². The number of amides is 1. The van der Waals surface area contributed by atoms with Crippen LogP contribution < -0.4 is 5.32 Å². The van der Waals surface area contributed by atoms with Crippen LogP contribution >= 0.6 is 11.8 Å². The zero-order valence-electron chi connectivity index (χ0n) is 12.7. The van der Waals surface area contributed by atoms with Crippen molar-refractivity contribution in [2.75, 3.05) is 5.75 Å². The van der Waals surface area contributed by atoms with E-state index in [4.69, 9.17) is 5.11 Å². The Bertz CT molecular complexity index is 300. The maximum Gasteiger partial charge on any atom is 0.306 e. The SMILES string of the molecule is CC(CCCC(C)C(=O)O)NC(=O)CSC(C)(C)C. The highest BCUT2D eigenvalue weighted by Gasteiger charge is 2.15. The van der Waals surface area contributed by atoms with Gasteiger partial charge in [-0.15, -0.1) is 11.8 Å². The van der Waals surface area contributed by atoms with Gasteiger partial charge in [0.2, 0.25) is 5.91 Å². The largest absolute Gasteiger partial charge is 0.481 e. The molecule has 4 nitrogen and oxygen atoms in total. The van der Waals surface area contributed by atoms with E-state index in [1.54, 1.807) is 18.7 Å². The lowest BCUT2D eigenvalue weighted by atomic mass is 10.0. The second-order valence-electron chi connectivity index (χ2n) is 6.04. The van der Waals surface area contributed by atoms with Crippen molar-refractivity contribution < 1.29 is 14.7 Å². The van der Waals surface area contributed by atoms with E-state index in [0.29, 0.717) is 12.2 Å². The molecular weight excluding hydrogens is 262 g/mol. The first-order valence-corrected chi connectivity index (χ1v) is 7.76. The van der Waals surface area contributed by atoms with E-state index in [1.807, 2.05) is 6.92 Å². The number of carboxylic acid groups (broad SMARTS) is 1. The minimum atomic E-state index is -0.752. The van der Waals surface area contributed by atoms with Gasteiger partial charge < -0.3 is 10.4 Å². The highest BCUT2D eigenvalue weighted by Crippen LogP contribution is 2.22. The highest BCUT2D eigenvalue weighted by molar-refractivity contribution is 8.01. The minimum Gasteiger partial charge on any atom is -0.481 e. The van der Waals surface area contributed by atoms with Gasteiger partial charge in [0.05, 0.1) is 11.7 Å². The van der Waals surface area contributed by atoms with Gasteiger partial charge in [-0.2, -0.15) is 0 Å². The van der Waals surface area contributed by atoms with Gasteiger partial charge in [0.15, 0.2) is 0 Å². The lowest BCUT2D eigenvalue weighted by molar-refractivity contribution is -0.141. The van der Waals surface area contributed by atoms with Crippen LogP contribution in [-0.2, 0) is 9.59 Å². The number of hydrogen-bond acceptors (Lipinski definition) is 3. The molecule has 0 radical (unpaired) electrons. The van der Waals surface area contributed by atoms with E-state index in [0.717, 1.165) is 12.8 Å². The summed E-state index contributed by atoms with van der Waals surface area (Å²) in [7, 11) is 0. The number of thioether (sulfide) groups is 1. The molecule has 0 aliphatic heterocycles. The molecule has 2 N–H and O–H groups in total. The van der Waals surface area contributed by atoms with E-state index in [-0.39, 0.29) is 22.6 Å². The van der Waals surface area contributed by atoms with Gasteiger partial charge in [-0.25, -0.2) is 0 Å². The van der Waals surface area contributed by atoms with E-state index in [2.05, 4.69) is 26.1 Å². The van der Waals surface area contributed by atoms with Crippen molar-refractivity contribution in [2.45, 2.75) is 64.7 Å². The summed E-state index contributed by atoms with van der Waals surface area (Å²) in [5.74, 6) is -0.532. The normalized spacial score (nSPS) is 14.8. The molecule has 0 aromatic heterocycles. The summed E-state index contributed by atoms with van der Waals surface area (Å²) in [6.07, 6.45) is 2.30. The Hall–Kier alpha value is -0.710. The minimum absolute atomic E-state index is 0.0544. The van der Waals surface area contributed by atoms with Crippen LogP contribution in [-0.4, -0.2) is 33.5 Å². The maximum atomic E-state index is 11.7. The quantitative estimate of drug-likeness (QED) is 0.721. The third-order valence-corrected chi connectivity index (χ3v) is 4.01. The van der Waals surface area contributed by atoms with Crippen LogP contribution in [0.5, 0.6) is 0 Å². The Morgan fingerprint density at radius 2 is 1.79 bits per heavy atom. The van der Waals surface area contributed by atoms with Crippen LogP contribution in [0.3, 0.4) is 0 Å². The molecule has 112 valence electrons. The summed E-state index contributed by atoms with van der Waals surface area (Å²) in [6, 6.07) is 0.106. The lowest BCUT2D eigenvalue weighted by Crippen LogP contribution is -2.34. The standard InChI is InChI=1S/C14H27NO3S/c1-10(13(17)18)7-6-8-11(2)15-12(16)9-19-14(3,4)5/h10-11H,6-9H2,1-5H3,(H,15,16)(H,17,18). The molecule has 0 aromatic carbocycles. The van der Waals surface area contributed by atoms with E-state index < -0.39 is 5.97 Å². The van der Waals surface area contributed by atoms with Gasteiger partial charge in [-0.1, -0.05) is 34.1 Å². The second kappa shape index (κ2) is 8.46. The molecule has 0 saturated carbocycles. The van der Waals surface area contributed by atoms with Crippen molar-refractivity contribution in [3.05, 3.63) is 0 Å². The van der Waals surface area contributed by atoms with Crippen molar-refractivity contribution in [1.82, 2.24) is 5.32 Å². The molecule has 5 heteroatoms. The molecule has 0 rings (SSSR count). The fraction of sp³-hybridized carbons (Fsp3) is 0.857. The number of carbonyl (C=O) groups excluding carboxylic acids is 1. The number of rotatable bonds is 8. The van der Waals surface area contributed by atoms with Crippen LogP contribution in [0.4, 0.5) is 0 Å². The molecule has 19 heavy (non-hydrogen) atoms. The molecule has 0 heterocycles. The molecule has 0 bridgehead atoms. The number of hydrogen-bond donors (Lipinski definition) is 2. The average Bonchev–Trinajstić information content (AvgIpc) is 2.25. The Balaban J connectivity index is 3.77. The van der Waals surface area contributed by atoms with E-state index >= 15 is 0 Å². The number of carboxylic acids is 1. The van der Waals surface area contributed by atoms with Crippen LogP contribution in [0.15, 0.2) is 0 Å². The predicted octanol–water partition coefficient (Wildman–Crippen LogP) is 2.91. The van der Waals surface area contributed by atoms with Crippen molar-refractivity contribution >= 4 is 23.6 Å². The fourth-order valence-corrected chi connectivity index (χ4v) is 2.17. The molecule has 0 saturated heterocycles. The summed E-state index contributed by atoms with van der Waals surface area (Å²) < 4.78 is 0.0947. The molecule has 0 aliphatic rings. The number of carbonyl (C=O) groups is 2. The fourth-order valence-electron chi connectivity index (χ4n) is 1.52. The average molecular weight is 289 g/mol. The maximum absolute atomic E-state index is 11.7. The third kappa shape index (κ3) is 10.9. The zero-order valence-corrected chi connectivity index (χ0v) is 13.5. The molecule has 2 unspecified atom stereocenters. The monoisotopic (exact) mass is 289 g/mol. The molecule has 0 aromatic rings. The molecule has 0 aliphatic carbocycles. The second-order valence-corrected chi connectivity index (χ2v) is 7.84. The molecule has 0 fully saturated rings. The van der Waals surface area contributed by atoms with Gasteiger partial charge in [0.25, 0.3) is 0 Å². The first-order chi connectivity index (χ1) is 8.61. The summed E-state index contributed by atoms with van der Waals surface area (Å²) in [5.41, 5.74) is 0. The molecular formula is C14H27NO3S. The summed E-state index contributed by atoms with van der Waals surface area (Å²) in [4.78, 5) is 22.3. The van der Waals surface area contributed by atoms with E-state index in [1.165, 1.54) is 0 Å². The topological polar surface area (TPSA) is 66.4 Å². The van der Waals surface area contributed by atoms with Crippen molar-refractivity contribution in [1.29, 1.82) is 0 Å². The first kappa shape index (κ1) is 18.3. The zero-order chi connectivity index (χ0) is 15.1. The highest BCUT2D eigenvalue weighted by atomic mass is 32.2. The molecule has 2 atom stereocenters. The Kier molecular flexibility index (Phi) is 8.14. The summed E-state index contributed by atoms with van der Waals surface area (Å²) in [6.45, 7) is 9.93. The van der Waals surface area contributed by atoms with Crippen molar-refractivity contribution in [3.63, 3.8) is 0 Å². The number of nitrogens with one attached hydrogen (secondary N) is 1. The van der Waals surface area contributed by atoms with Crippen LogP contribution in [0.25, 0.3) is 0 Å². The van der Waals surface area contributed by atoms with Gasteiger partial charge in [0, 0.05) is 10.8 Å². The van der Waals surface area contributed by atoms with Crippen LogP contribution in [0, 0.1) is 5.92 Å². The van der Waals surface area contributed by atoms with Crippen molar-refractivity contribution in [3.8, 4) is 0 Å². The van der Waals surface area contributed by atoms with Gasteiger partial charge in [-0.3, -0.25) is 9.59 Å². The first-order valence-electron chi connectivity index (χ1n) is 6.78. The van der Waals surface area contributed by atoms with Gasteiger partial charge >= 0.3 is 5.97 Å². The smallest absolute Gasteiger partial charge is 0.306 e.